The largest absolute Gasteiger partial charge is 0.478 e. The number of sulfonamides is 1. The lowest BCUT2D eigenvalue weighted by atomic mass is 10.1. The average Bonchev–Trinajstić information content (AvgIpc) is 3.14. The zero-order valence-corrected chi connectivity index (χ0v) is 14.4. The molecule has 2 heterocycles. The molecule has 0 saturated heterocycles. The van der Waals surface area contributed by atoms with Gasteiger partial charge in [0.05, 0.1) is 17.0 Å². The number of aromatic nitrogens is 2. The van der Waals surface area contributed by atoms with E-state index in [2.05, 4.69) is 14.7 Å². The fraction of sp³-hybridized carbons (Fsp3) is 0.0625. The number of nitrogens with zero attached hydrogens (tertiary/aromatic N) is 2. The summed E-state index contributed by atoms with van der Waals surface area (Å²) in [5.74, 6) is -1.07. The number of thiazole rings is 1. The number of carboxylic acid groups (broad SMARTS) is 1. The number of pyridine rings is 1. The summed E-state index contributed by atoms with van der Waals surface area (Å²) in [6.45, 7) is 0.131. The molecule has 0 fully saturated rings. The zero-order valence-electron chi connectivity index (χ0n) is 12.8. The predicted molar refractivity (Wildman–Crippen MR) is 92.8 cm³/mol. The van der Waals surface area contributed by atoms with Crippen LogP contribution in [0.2, 0.25) is 0 Å². The number of aromatic carboxylic acids is 1. The fourth-order valence-corrected chi connectivity index (χ4v) is 3.76. The summed E-state index contributed by atoms with van der Waals surface area (Å²) < 4.78 is 27.1. The van der Waals surface area contributed by atoms with Crippen LogP contribution in [-0.4, -0.2) is 29.5 Å². The number of hydrogen-bond acceptors (Lipinski definition) is 6. The Morgan fingerprint density at radius 1 is 1.16 bits per heavy atom. The number of carbonyl (C=O) groups is 1. The molecule has 0 saturated carbocycles. The molecule has 1 aromatic carbocycles. The first-order valence-corrected chi connectivity index (χ1v) is 9.49. The Labute approximate surface area is 148 Å². The average molecular weight is 375 g/mol. The number of rotatable bonds is 6. The fourth-order valence-electron chi connectivity index (χ4n) is 2.12. The van der Waals surface area contributed by atoms with Gasteiger partial charge in [-0.1, -0.05) is 12.1 Å². The highest BCUT2D eigenvalue weighted by atomic mass is 32.2. The first-order valence-electron chi connectivity index (χ1n) is 7.12. The topological polar surface area (TPSA) is 109 Å². The van der Waals surface area contributed by atoms with Gasteiger partial charge >= 0.3 is 5.97 Å². The van der Waals surface area contributed by atoms with Crippen molar-refractivity contribution >= 4 is 27.3 Å². The Balaban J connectivity index is 1.79. The van der Waals surface area contributed by atoms with E-state index in [1.165, 1.54) is 41.9 Å². The van der Waals surface area contributed by atoms with Gasteiger partial charge in [0.25, 0.3) is 0 Å². The normalized spacial score (nSPS) is 11.4. The Morgan fingerprint density at radius 2 is 1.92 bits per heavy atom. The standard InChI is InChI=1S/C16H13N3O4S2/c20-16(21)13-7-12(8-17-9-13)11-1-3-14(4-2-11)25(22,23)19-10-15-18-5-6-24-15/h1-9,19H,10H2,(H,20,21). The molecule has 2 N–H and O–H groups in total. The first kappa shape index (κ1) is 17.2. The van der Waals surface area contributed by atoms with Crippen molar-refractivity contribution in [1.29, 1.82) is 0 Å². The summed E-state index contributed by atoms with van der Waals surface area (Å²) in [6.07, 6.45) is 4.40. The van der Waals surface area contributed by atoms with Crippen molar-refractivity contribution in [2.45, 2.75) is 11.4 Å². The Bertz CT molecular complexity index is 984. The lowest BCUT2D eigenvalue weighted by Gasteiger charge is -2.07. The molecule has 0 spiro atoms. The molecule has 0 amide bonds. The molecule has 7 nitrogen and oxygen atoms in total. The smallest absolute Gasteiger partial charge is 0.337 e. The lowest BCUT2D eigenvalue weighted by molar-refractivity contribution is 0.0696. The summed E-state index contributed by atoms with van der Waals surface area (Å²) in [6, 6.07) is 7.64. The van der Waals surface area contributed by atoms with E-state index in [1.807, 2.05) is 0 Å². The molecule has 0 aliphatic heterocycles. The van der Waals surface area contributed by atoms with E-state index < -0.39 is 16.0 Å². The Morgan fingerprint density at radius 3 is 2.56 bits per heavy atom. The van der Waals surface area contributed by atoms with Crippen molar-refractivity contribution in [2.24, 2.45) is 0 Å². The third-order valence-corrected chi connectivity index (χ3v) is 5.58. The van der Waals surface area contributed by atoms with E-state index in [-0.39, 0.29) is 17.0 Å². The third-order valence-electron chi connectivity index (χ3n) is 3.38. The molecular weight excluding hydrogens is 362 g/mol. The van der Waals surface area contributed by atoms with Crippen LogP contribution in [-0.2, 0) is 16.6 Å². The SMILES string of the molecule is O=C(O)c1cncc(-c2ccc(S(=O)(=O)NCc3nccs3)cc2)c1. The maximum Gasteiger partial charge on any atom is 0.337 e. The van der Waals surface area contributed by atoms with Crippen LogP contribution in [0.4, 0.5) is 0 Å². The molecule has 0 unspecified atom stereocenters. The van der Waals surface area contributed by atoms with E-state index in [4.69, 9.17) is 5.11 Å². The molecule has 0 bridgehead atoms. The minimum atomic E-state index is -3.65. The van der Waals surface area contributed by atoms with Gasteiger partial charge in [-0.25, -0.2) is 22.9 Å². The maximum atomic E-state index is 12.3. The van der Waals surface area contributed by atoms with Crippen LogP contribution in [0, 0.1) is 0 Å². The van der Waals surface area contributed by atoms with Gasteiger partial charge in [0.1, 0.15) is 5.01 Å². The second kappa shape index (κ2) is 7.09. The third kappa shape index (κ3) is 4.08. The lowest BCUT2D eigenvalue weighted by Crippen LogP contribution is -2.23. The monoisotopic (exact) mass is 375 g/mol. The molecule has 3 rings (SSSR count). The van der Waals surface area contributed by atoms with Gasteiger partial charge in [-0.15, -0.1) is 11.3 Å². The highest BCUT2D eigenvalue weighted by Gasteiger charge is 2.14. The van der Waals surface area contributed by atoms with Crippen LogP contribution in [0.3, 0.4) is 0 Å². The van der Waals surface area contributed by atoms with Gasteiger partial charge in [-0.2, -0.15) is 0 Å². The quantitative estimate of drug-likeness (QED) is 0.685. The highest BCUT2D eigenvalue weighted by Crippen LogP contribution is 2.21. The van der Waals surface area contributed by atoms with Crippen molar-refractivity contribution in [2.75, 3.05) is 0 Å². The summed E-state index contributed by atoms with van der Waals surface area (Å²) in [5.41, 5.74) is 1.34. The highest BCUT2D eigenvalue weighted by molar-refractivity contribution is 7.89. The summed E-state index contributed by atoms with van der Waals surface area (Å²) >= 11 is 1.37. The van der Waals surface area contributed by atoms with Gasteiger partial charge in [0.2, 0.25) is 10.0 Å². The van der Waals surface area contributed by atoms with Crippen molar-refractivity contribution in [1.82, 2.24) is 14.7 Å². The molecular formula is C16H13N3O4S2. The minimum absolute atomic E-state index is 0.0688. The molecule has 128 valence electrons. The van der Waals surface area contributed by atoms with Crippen molar-refractivity contribution in [3.05, 3.63) is 64.9 Å². The number of benzene rings is 1. The summed E-state index contributed by atoms with van der Waals surface area (Å²) in [4.78, 5) is 19.0. The van der Waals surface area contributed by atoms with Gasteiger partial charge in [0, 0.05) is 29.5 Å². The van der Waals surface area contributed by atoms with E-state index in [0.29, 0.717) is 16.1 Å². The molecule has 9 heteroatoms. The molecule has 0 aliphatic carbocycles. The van der Waals surface area contributed by atoms with Crippen LogP contribution >= 0.6 is 11.3 Å². The molecule has 2 aromatic heterocycles. The maximum absolute atomic E-state index is 12.3. The van der Waals surface area contributed by atoms with Crippen molar-refractivity contribution in [3.63, 3.8) is 0 Å². The number of nitrogens with one attached hydrogen (secondary N) is 1. The number of carboxylic acids is 1. The second-order valence-corrected chi connectivity index (χ2v) is 7.79. The van der Waals surface area contributed by atoms with Crippen molar-refractivity contribution in [3.8, 4) is 11.1 Å². The van der Waals surface area contributed by atoms with E-state index in [0.717, 1.165) is 0 Å². The van der Waals surface area contributed by atoms with E-state index >= 15 is 0 Å². The summed E-state index contributed by atoms with van der Waals surface area (Å²) in [7, 11) is -3.65. The van der Waals surface area contributed by atoms with Gasteiger partial charge < -0.3 is 5.11 Å². The summed E-state index contributed by atoms with van der Waals surface area (Å²) in [5, 5.41) is 11.5. The molecule has 3 aromatic rings. The molecule has 0 radical (unpaired) electrons. The Kier molecular flexibility index (Phi) is 4.88. The molecule has 0 aliphatic rings. The molecule has 0 atom stereocenters. The Hall–Kier alpha value is -2.62. The predicted octanol–water partition coefficient (Wildman–Crippen LogP) is 2.38. The van der Waals surface area contributed by atoms with Crippen LogP contribution in [0.5, 0.6) is 0 Å². The van der Waals surface area contributed by atoms with Crippen LogP contribution in [0.1, 0.15) is 15.4 Å². The number of hydrogen-bond donors (Lipinski definition) is 2. The molecule has 25 heavy (non-hydrogen) atoms. The van der Waals surface area contributed by atoms with E-state index in [1.54, 1.807) is 23.7 Å². The van der Waals surface area contributed by atoms with Crippen LogP contribution in [0.15, 0.2) is 59.2 Å². The van der Waals surface area contributed by atoms with Crippen LogP contribution in [0.25, 0.3) is 11.1 Å². The van der Waals surface area contributed by atoms with Crippen molar-refractivity contribution < 1.29 is 18.3 Å². The van der Waals surface area contributed by atoms with Gasteiger partial charge in [0.15, 0.2) is 0 Å². The van der Waals surface area contributed by atoms with Gasteiger partial charge in [-0.3, -0.25) is 4.98 Å². The second-order valence-electron chi connectivity index (χ2n) is 5.04. The van der Waals surface area contributed by atoms with Crippen LogP contribution < -0.4 is 4.72 Å². The first-order chi connectivity index (χ1) is 12.0. The zero-order chi connectivity index (χ0) is 17.9. The van der Waals surface area contributed by atoms with Gasteiger partial charge in [-0.05, 0) is 23.8 Å². The van der Waals surface area contributed by atoms with E-state index in [9.17, 15) is 13.2 Å². The minimum Gasteiger partial charge on any atom is -0.478 e.